The normalized spacial score (nSPS) is 20.8. The Kier molecular flexibility index (Phi) is 3.92. The van der Waals surface area contributed by atoms with Crippen molar-refractivity contribution in [2.45, 2.75) is 38.7 Å². The molecular formula is C16H24N2O. The van der Waals surface area contributed by atoms with Crippen molar-refractivity contribution in [3.05, 3.63) is 23.8 Å². The quantitative estimate of drug-likeness (QED) is 0.904. The van der Waals surface area contributed by atoms with Gasteiger partial charge in [0.15, 0.2) is 0 Å². The highest BCUT2D eigenvalue weighted by Crippen LogP contribution is 2.28. The molecule has 0 atom stereocenters. The zero-order chi connectivity index (χ0) is 13.1. The predicted molar refractivity (Wildman–Crippen MR) is 79.1 cm³/mol. The molecule has 0 aromatic heterocycles. The second-order valence-electron chi connectivity index (χ2n) is 5.71. The van der Waals surface area contributed by atoms with Crippen molar-refractivity contribution in [1.29, 1.82) is 0 Å². The maximum Gasteiger partial charge on any atom is 0.120 e. The van der Waals surface area contributed by atoms with E-state index in [0.717, 1.165) is 31.9 Å². The Labute approximate surface area is 115 Å². The van der Waals surface area contributed by atoms with Crippen LogP contribution >= 0.6 is 0 Å². The minimum absolute atomic E-state index is 0.449. The Morgan fingerprint density at radius 3 is 2.58 bits per heavy atom. The molecule has 1 aromatic carbocycles. The molecule has 3 rings (SSSR count). The van der Waals surface area contributed by atoms with Gasteiger partial charge in [-0.2, -0.15) is 0 Å². The van der Waals surface area contributed by atoms with Crippen LogP contribution in [0.25, 0.3) is 0 Å². The number of hydrogen-bond acceptors (Lipinski definition) is 3. The van der Waals surface area contributed by atoms with Crippen molar-refractivity contribution >= 4 is 5.69 Å². The molecule has 2 aliphatic rings. The molecule has 3 nitrogen and oxygen atoms in total. The van der Waals surface area contributed by atoms with Gasteiger partial charge in [0, 0.05) is 31.9 Å². The molecule has 19 heavy (non-hydrogen) atoms. The van der Waals surface area contributed by atoms with Crippen LogP contribution in [0.5, 0.6) is 5.75 Å². The summed E-state index contributed by atoms with van der Waals surface area (Å²) in [5, 5.41) is 3.40. The first-order valence-corrected chi connectivity index (χ1v) is 7.56. The highest BCUT2D eigenvalue weighted by Gasteiger charge is 2.17. The Morgan fingerprint density at radius 1 is 1.16 bits per heavy atom. The largest absolute Gasteiger partial charge is 0.490 e. The van der Waals surface area contributed by atoms with E-state index in [4.69, 9.17) is 4.74 Å². The summed E-state index contributed by atoms with van der Waals surface area (Å²) in [5.41, 5.74) is 2.69. The summed E-state index contributed by atoms with van der Waals surface area (Å²) >= 11 is 0. The minimum Gasteiger partial charge on any atom is -0.490 e. The van der Waals surface area contributed by atoms with Crippen LogP contribution in [0.1, 0.15) is 31.2 Å². The van der Waals surface area contributed by atoms with E-state index in [2.05, 4.69) is 35.3 Å². The molecule has 0 radical (unpaired) electrons. The SMILES string of the molecule is Cc1cc(OC2CCCC2)ccc1N1CCNCC1. The first-order valence-electron chi connectivity index (χ1n) is 7.56. The average Bonchev–Trinajstić information content (AvgIpc) is 2.93. The fourth-order valence-corrected chi connectivity index (χ4v) is 3.16. The number of nitrogens with zero attached hydrogens (tertiary/aromatic N) is 1. The van der Waals surface area contributed by atoms with E-state index in [1.165, 1.54) is 36.9 Å². The fraction of sp³-hybridized carbons (Fsp3) is 0.625. The molecule has 1 saturated carbocycles. The second kappa shape index (κ2) is 5.83. The van der Waals surface area contributed by atoms with Gasteiger partial charge in [-0.05, 0) is 56.4 Å². The molecule has 0 spiro atoms. The van der Waals surface area contributed by atoms with E-state index in [-0.39, 0.29) is 0 Å². The number of rotatable bonds is 3. The summed E-state index contributed by atoms with van der Waals surface area (Å²) in [6, 6.07) is 6.57. The van der Waals surface area contributed by atoms with E-state index in [0.29, 0.717) is 6.10 Å². The number of nitrogens with one attached hydrogen (secondary N) is 1. The predicted octanol–water partition coefficient (Wildman–Crippen LogP) is 2.73. The Balaban J connectivity index is 1.69. The highest BCUT2D eigenvalue weighted by atomic mass is 16.5. The van der Waals surface area contributed by atoms with Gasteiger partial charge in [0.25, 0.3) is 0 Å². The number of hydrogen-bond donors (Lipinski definition) is 1. The zero-order valence-corrected chi connectivity index (χ0v) is 11.8. The standard InChI is InChI=1S/C16H24N2O/c1-13-12-15(19-14-4-2-3-5-14)6-7-16(13)18-10-8-17-9-11-18/h6-7,12,14,17H,2-5,8-11H2,1H3. The van der Waals surface area contributed by atoms with Gasteiger partial charge in [-0.3, -0.25) is 0 Å². The van der Waals surface area contributed by atoms with Crippen molar-refractivity contribution in [1.82, 2.24) is 5.32 Å². The van der Waals surface area contributed by atoms with E-state index in [1.54, 1.807) is 0 Å². The molecule has 0 bridgehead atoms. The van der Waals surface area contributed by atoms with Crippen molar-refractivity contribution < 1.29 is 4.74 Å². The van der Waals surface area contributed by atoms with Gasteiger partial charge in [-0.15, -0.1) is 0 Å². The van der Waals surface area contributed by atoms with Gasteiger partial charge >= 0.3 is 0 Å². The molecule has 0 unspecified atom stereocenters. The molecule has 3 heteroatoms. The van der Waals surface area contributed by atoms with Gasteiger partial charge in [0.05, 0.1) is 6.10 Å². The van der Waals surface area contributed by atoms with E-state index >= 15 is 0 Å². The molecule has 1 aliphatic heterocycles. The lowest BCUT2D eigenvalue weighted by Crippen LogP contribution is -2.43. The van der Waals surface area contributed by atoms with Crippen molar-refractivity contribution in [3.8, 4) is 5.75 Å². The number of aryl methyl sites for hydroxylation is 1. The first kappa shape index (κ1) is 12.8. The topological polar surface area (TPSA) is 24.5 Å². The van der Waals surface area contributed by atoms with Crippen molar-refractivity contribution in [2.24, 2.45) is 0 Å². The fourth-order valence-electron chi connectivity index (χ4n) is 3.16. The second-order valence-corrected chi connectivity index (χ2v) is 5.71. The highest BCUT2D eigenvalue weighted by molar-refractivity contribution is 5.56. The average molecular weight is 260 g/mol. The summed E-state index contributed by atoms with van der Waals surface area (Å²) in [6.07, 6.45) is 5.53. The van der Waals surface area contributed by atoms with Gasteiger partial charge in [0.1, 0.15) is 5.75 Å². The Morgan fingerprint density at radius 2 is 1.89 bits per heavy atom. The van der Waals surface area contributed by atoms with E-state index in [1.807, 2.05) is 0 Å². The lowest BCUT2D eigenvalue weighted by molar-refractivity contribution is 0.210. The summed E-state index contributed by atoms with van der Waals surface area (Å²) in [4.78, 5) is 2.46. The van der Waals surface area contributed by atoms with Crippen LogP contribution in [0.4, 0.5) is 5.69 Å². The molecule has 1 aliphatic carbocycles. The van der Waals surface area contributed by atoms with Crippen LogP contribution in [0.15, 0.2) is 18.2 Å². The maximum atomic E-state index is 6.07. The van der Waals surface area contributed by atoms with Crippen LogP contribution in [0.2, 0.25) is 0 Å². The molecule has 1 saturated heterocycles. The summed E-state index contributed by atoms with van der Waals surface area (Å²) in [7, 11) is 0. The molecule has 104 valence electrons. The van der Waals surface area contributed by atoms with Crippen LogP contribution in [-0.2, 0) is 0 Å². The molecule has 1 aromatic rings. The first-order chi connectivity index (χ1) is 9.33. The Bertz CT molecular complexity index is 421. The van der Waals surface area contributed by atoms with Crippen LogP contribution in [0, 0.1) is 6.92 Å². The van der Waals surface area contributed by atoms with Crippen LogP contribution < -0.4 is 15.0 Å². The number of anilines is 1. The smallest absolute Gasteiger partial charge is 0.120 e. The molecule has 1 N–H and O–H groups in total. The maximum absolute atomic E-state index is 6.07. The molecule has 2 fully saturated rings. The monoisotopic (exact) mass is 260 g/mol. The molecular weight excluding hydrogens is 236 g/mol. The third-order valence-electron chi connectivity index (χ3n) is 4.23. The summed E-state index contributed by atoms with van der Waals surface area (Å²) in [6.45, 7) is 6.56. The van der Waals surface area contributed by atoms with Crippen molar-refractivity contribution in [3.63, 3.8) is 0 Å². The van der Waals surface area contributed by atoms with E-state index in [9.17, 15) is 0 Å². The van der Waals surface area contributed by atoms with Gasteiger partial charge in [-0.1, -0.05) is 0 Å². The summed E-state index contributed by atoms with van der Waals surface area (Å²) < 4.78 is 6.07. The van der Waals surface area contributed by atoms with Crippen LogP contribution in [-0.4, -0.2) is 32.3 Å². The van der Waals surface area contributed by atoms with Gasteiger partial charge in [0.2, 0.25) is 0 Å². The number of ether oxygens (including phenoxy) is 1. The van der Waals surface area contributed by atoms with Gasteiger partial charge < -0.3 is 15.0 Å². The lowest BCUT2D eigenvalue weighted by atomic mass is 10.1. The van der Waals surface area contributed by atoms with Gasteiger partial charge in [-0.25, -0.2) is 0 Å². The number of benzene rings is 1. The summed E-state index contributed by atoms with van der Waals surface area (Å²) in [5.74, 6) is 1.04. The van der Waals surface area contributed by atoms with Crippen molar-refractivity contribution in [2.75, 3.05) is 31.1 Å². The lowest BCUT2D eigenvalue weighted by Gasteiger charge is -2.31. The Hall–Kier alpha value is -1.22. The molecule has 1 heterocycles. The van der Waals surface area contributed by atoms with E-state index < -0.39 is 0 Å². The van der Waals surface area contributed by atoms with Crippen LogP contribution in [0.3, 0.4) is 0 Å². The third-order valence-corrected chi connectivity index (χ3v) is 4.23. The minimum atomic E-state index is 0.449. The number of piperazine rings is 1. The molecule has 0 amide bonds. The zero-order valence-electron chi connectivity index (χ0n) is 11.8. The third kappa shape index (κ3) is 3.03.